The first kappa shape index (κ1) is 16.7. The lowest BCUT2D eigenvalue weighted by Crippen LogP contribution is -2.36. The molecule has 7 heteroatoms. The Morgan fingerprint density at radius 2 is 2.29 bits per heavy atom. The van der Waals surface area contributed by atoms with Crippen LogP contribution in [0.3, 0.4) is 0 Å². The highest BCUT2D eigenvalue weighted by molar-refractivity contribution is 5.94. The maximum atomic E-state index is 13.2. The Hall–Kier alpha value is -2.15. The summed E-state index contributed by atoms with van der Waals surface area (Å²) in [5, 5.41) is 4.00. The number of hydrogen-bond acceptors (Lipinski definition) is 5. The summed E-state index contributed by atoms with van der Waals surface area (Å²) in [6, 6.07) is -0.0348. The molecular formula is C17H24N4O3. The molecule has 7 nitrogen and oxygen atoms in total. The number of amides is 1. The Labute approximate surface area is 141 Å². The number of hydrogen-bond donors (Lipinski definition) is 0. The van der Waals surface area contributed by atoms with Gasteiger partial charge in [-0.2, -0.15) is 0 Å². The van der Waals surface area contributed by atoms with E-state index in [1.54, 1.807) is 14.0 Å². The third-order valence-corrected chi connectivity index (χ3v) is 4.52. The van der Waals surface area contributed by atoms with Gasteiger partial charge in [0.05, 0.1) is 18.2 Å². The Morgan fingerprint density at radius 3 is 3.04 bits per heavy atom. The largest absolute Gasteiger partial charge is 0.380 e. The van der Waals surface area contributed by atoms with E-state index in [1.807, 2.05) is 17.3 Å². The average molecular weight is 332 g/mol. The summed E-state index contributed by atoms with van der Waals surface area (Å²) in [4.78, 5) is 19.6. The number of ether oxygens (including phenoxy) is 1. The number of methoxy groups -OCH3 is 1. The standard InChI is InChI=1S/C17H24N4O3/c1-4-6-14-16-18-7-10-20(16)8-5-9-21(14)17(22)15-13(11-23-3)12(2)24-19-15/h7,10,14H,4-6,8-9,11H2,1-3H3. The molecule has 0 N–H and O–H groups in total. The molecule has 1 atom stereocenters. The fourth-order valence-corrected chi connectivity index (χ4v) is 3.32. The second kappa shape index (κ2) is 7.17. The van der Waals surface area contributed by atoms with Crippen LogP contribution in [-0.4, -0.2) is 39.2 Å². The summed E-state index contributed by atoms with van der Waals surface area (Å²) in [6.45, 7) is 5.80. The zero-order valence-electron chi connectivity index (χ0n) is 14.5. The van der Waals surface area contributed by atoms with Crippen LogP contribution in [0.5, 0.6) is 0 Å². The Morgan fingerprint density at radius 1 is 1.46 bits per heavy atom. The number of rotatable bonds is 5. The molecule has 0 saturated carbocycles. The van der Waals surface area contributed by atoms with Crippen LogP contribution < -0.4 is 0 Å². The van der Waals surface area contributed by atoms with Crippen LogP contribution in [-0.2, 0) is 17.9 Å². The monoisotopic (exact) mass is 332 g/mol. The van der Waals surface area contributed by atoms with Gasteiger partial charge in [0.2, 0.25) is 0 Å². The highest BCUT2D eigenvalue weighted by atomic mass is 16.5. The van der Waals surface area contributed by atoms with Crippen molar-refractivity contribution in [2.45, 2.75) is 52.3 Å². The molecule has 0 bridgehead atoms. The Kier molecular flexibility index (Phi) is 4.99. The SMILES string of the molecule is CCCC1c2nccn2CCCN1C(=O)c1noc(C)c1COC. The molecule has 0 fully saturated rings. The van der Waals surface area contributed by atoms with Crippen LogP contribution in [0.1, 0.15) is 59.9 Å². The van der Waals surface area contributed by atoms with Crippen LogP contribution in [0.2, 0.25) is 0 Å². The predicted octanol–water partition coefficient (Wildman–Crippen LogP) is 2.71. The highest BCUT2D eigenvalue weighted by Gasteiger charge is 2.33. The minimum atomic E-state index is -0.103. The molecule has 1 unspecified atom stereocenters. The molecule has 1 aliphatic rings. The summed E-state index contributed by atoms with van der Waals surface area (Å²) in [5.74, 6) is 1.48. The van der Waals surface area contributed by atoms with Crippen molar-refractivity contribution in [1.82, 2.24) is 19.6 Å². The molecule has 0 aromatic carbocycles. The van der Waals surface area contributed by atoms with E-state index in [4.69, 9.17) is 9.26 Å². The first-order valence-corrected chi connectivity index (χ1v) is 8.43. The number of carbonyl (C=O) groups is 1. The highest BCUT2D eigenvalue weighted by Crippen LogP contribution is 2.30. The van der Waals surface area contributed by atoms with Crippen molar-refractivity contribution in [3.8, 4) is 0 Å². The van der Waals surface area contributed by atoms with E-state index in [2.05, 4.69) is 21.6 Å². The molecule has 1 aliphatic heterocycles. The van der Waals surface area contributed by atoms with Gasteiger partial charge in [-0.05, 0) is 19.8 Å². The summed E-state index contributed by atoms with van der Waals surface area (Å²) in [7, 11) is 1.60. The van der Waals surface area contributed by atoms with Gasteiger partial charge >= 0.3 is 0 Å². The minimum Gasteiger partial charge on any atom is -0.380 e. The van der Waals surface area contributed by atoms with Gasteiger partial charge < -0.3 is 18.7 Å². The van der Waals surface area contributed by atoms with Gasteiger partial charge in [0.25, 0.3) is 5.91 Å². The van der Waals surface area contributed by atoms with Crippen molar-refractivity contribution in [3.05, 3.63) is 35.2 Å². The maximum absolute atomic E-state index is 13.2. The van der Waals surface area contributed by atoms with Crippen LogP contribution in [0, 0.1) is 6.92 Å². The zero-order chi connectivity index (χ0) is 17.1. The predicted molar refractivity (Wildman–Crippen MR) is 87.5 cm³/mol. The third kappa shape index (κ3) is 2.96. The summed E-state index contributed by atoms with van der Waals surface area (Å²) < 4.78 is 12.6. The minimum absolute atomic E-state index is 0.0348. The van der Waals surface area contributed by atoms with E-state index in [0.29, 0.717) is 24.6 Å². The van der Waals surface area contributed by atoms with E-state index in [1.165, 1.54) is 0 Å². The van der Waals surface area contributed by atoms with Gasteiger partial charge in [0.15, 0.2) is 5.69 Å². The molecule has 1 amide bonds. The lowest BCUT2D eigenvalue weighted by Gasteiger charge is -2.28. The van der Waals surface area contributed by atoms with Gasteiger partial charge in [0, 0.05) is 32.6 Å². The summed E-state index contributed by atoms with van der Waals surface area (Å²) in [6.07, 6.45) is 6.54. The smallest absolute Gasteiger partial charge is 0.277 e. The first-order chi connectivity index (χ1) is 11.7. The number of nitrogens with zero attached hydrogens (tertiary/aromatic N) is 4. The van der Waals surface area contributed by atoms with Gasteiger partial charge in [-0.25, -0.2) is 4.98 Å². The zero-order valence-corrected chi connectivity index (χ0v) is 14.5. The second-order valence-corrected chi connectivity index (χ2v) is 6.13. The van der Waals surface area contributed by atoms with Gasteiger partial charge in [0.1, 0.15) is 11.6 Å². The van der Waals surface area contributed by atoms with E-state index in [0.717, 1.165) is 37.2 Å². The second-order valence-electron chi connectivity index (χ2n) is 6.13. The topological polar surface area (TPSA) is 73.4 Å². The van der Waals surface area contributed by atoms with E-state index in [-0.39, 0.29) is 11.9 Å². The molecule has 0 spiro atoms. The summed E-state index contributed by atoms with van der Waals surface area (Å²) in [5.41, 5.74) is 1.08. The van der Waals surface area contributed by atoms with E-state index >= 15 is 0 Å². The van der Waals surface area contributed by atoms with Crippen molar-refractivity contribution in [2.75, 3.05) is 13.7 Å². The van der Waals surface area contributed by atoms with Crippen LogP contribution in [0.15, 0.2) is 16.9 Å². The van der Waals surface area contributed by atoms with Crippen LogP contribution >= 0.6 is 0 Å². The van der Waals surface area contributed by atoms with Crippen LogP contribution in [0.25, 0.3) is 0 Å². The van der Waals surface area contributed by atoms with Gasteiger partial charge in [-0.3, -0.25) is 4.79 Å². The maximum Gasteiger partial charge on any atom is 0.277 e. The Balaban J connectivity index is 1.96. The molecule has 2 aromatic heterocycles. The number of carbonyl (C=O) groups excluding carboxylic acids is 1. The molecule has 2 aromatic rings. The van der Waals surface area contributed by atoms with Crippen molar-refractivity contribution >= 4 is 5.91 Å². The van der Waals surface area contributed by atoms with Crippen molar-refractivity contribution < 1.29 is 14.1 Å². The molecule has 0 saturated heterocycles. The molecule has 3 heterocycles. The van der Waals surface area contributed by atoms with Crippen LogP contribution in [0.4, 0.5) is 0 Å². The molecule has 0 aliphatic carbocycles. The number of imidazole rings is 1. The van der Waals surface area contributed by atoms with E-state index < -0.39 is 0 Å². The quantitative estimate of drug-likeness (QED) is 0.842. The summed E-state index contributed by atoms with van der Waals surface area (Å²) >= 11 is 0. The lowest BCUT2D eigenvalue weighted by atomic mass is 10.1. The third-order valence-electron chi connectivity index (χ3n) is 4.52. The van der Waals surface area contributed by atoms with Crippen molar-refractivity contribution in [1.29, 1.82) is 0 Å². The number of fused-ring (bicyclic) bond motifs is 1. The molecule has 0 radical (unpaired) electrons. The lowest BCUT2D eigenvalue weighted by molar-refractivity contribution is 0.0650. The number of aromatic nitrogens is 3. The molecular weight excluding hydrogens is 308 g/mol. The Bertz CT molecular complexity index is 707. The number of aryl methyl sites for hydroxylation is 2. The molecule has 130 valence electrons. The van der Waals surface area contributed by atoms with Crippen molar-refractivity contribution in [3.63, 3.8) is 0 Å². The normalized spacial score (nSPS) is 17.6. The van der Waals surface area contributed by atoms with Crippen molar-refractivity contribution in [2.24, 2.45) is 0 Å². The fraction of sp³-hybridized carbons (Fsp3) is 0.588. The average Bonchev–Trinajstić information content (AvgIpc) is 3.13. The van der Waals surface area contributed by atoms with Gasteiger partial charge in [-0.15, -0.1) is 0 Å². The fourth-order valence-electron chi connectivity index (χ4n) is 3.32. The molecule has 3 rings (SSSR count). The van der Waals surface area contributed by atoms with Gasteiger partial charge in [-0.1, -0.05) is 18.5 Å². The van der Waals surface area contributed by atoms with E-state index in [9.17, 15) is 4.79 Å². The molecule has 24 heavy (non-hydrogen) atoms. The first-order valence-electron chi connectivity index (χ1n) is 8.43.